The molecule has 1 unspecified atom stereocenters. The molecule has 0 amide bonds. The number of benzene rings is 1. The number of para-hydroxylation sites is 1. The summed E-state index contributed by atoms with van der Waals surface area (Å²) in [7, 11) is 1.94. The Hall–Kier alpha value is -1.10. The predicted molar refractivity (Wildman–Crippen MR) is 66.4 cm³/mol. The zero-order valence-electron chi connectivity index (χ0n) is 10.5. The summed E-state index contributed by atoms with van der Waals surface area (Å²) in [5, 5.41) is 18.5. The van der Waals surface area contributed by atoms with E-state index < -0.39 is 6.10 Å². The maximum Gasteiger partial charge on any atom is 0.137 e. The molecule has 1 aromatic carbocycles. The zero-order chi connectivity index (χ0) is 12.7. The van der Waals surface area contributed by atoms with E-state index in [1.54, 1.807) is 0 Å². The topological polar surface area (TPSA) is 54.1 Å². The Morgan fingerprint density at radius 1 is 1.35 bits per heavy atom. The van der Waals surface area contributed by atoms with E-state index in [1.807, 2.05) is 38.2 Å². The molecule has 0 radical (unpaired) electrons. The second kappa shape index (κ2) is 7.27. The van der Waals surface area contributed by atoms with E-state index >= 15 is 0 Å². The maximum absolute atomic E-state index is 9.77. The van der Waals surface area contributed by atoms with Gasteiger partial charge in [-0.3, -0.25) is 0 Å². The molecule has 1 aromatic rings. The van der Waals surface area contributed by atoms with Gasteiger partial charge in [-0.15, -0.1) is 0 Å². The number of quaternary nitrogens is 1. The van der Waals surface area contributed by atoms with Gasteiger partial charge in [-0.05, 0) is 18.6 Å². The highest BCUT2D eigenvalue weighted by molar-refractivity contribution is 5.31. The minimum Gasteiger partial charge on any atom is -0.490 e. The summed E-state index contributed by atoms with van der Waals surface area (Å²) < 4.78 is 5.55. The van der Waals surface area contributed by atoms with Crippen molar-refractivity contribution in [2.75, 3.05) is 33.4 Å². The lowest BCUT2D eigenvalue weighted by molar-refractivity contribution is -0.883. The van der Waals surface area contributed by atoms with Crippen molar-refractivity contribution in [2.45, 2.75) is 13.0 Å². The Morgan fingerprint density at radius 2 is 2.06 bits per heavy atom. The van der Waals surface area contributed by atoms with E-state index in [0.717, 1.165) is 16.2 Å². The number of rotatable bonds is 7. The van der Waals surface area contributed by atoms with Gasteiger partial charge in [0, 0.05) is 0 Å². The van der Waals surface area contributed by atoms with Crippen molar-refractivity contribution in [3.05, 3.63) is 29.8 Å². The Bertz CT molecular complexity index is 330. The summed E-state index contributed by atoms with van der Waals surface area (Å²) in [5.41, 5.74) is 1.07. The number of aliphatic hydroxyl groups excluding tert-OH is 2. The first-order chi connectivity index (χ1) is 8.13. The van der Waals surface area contributed by atoms with Crippen LogP contribution in [0.25, 0.3) is 0 Å². The molecule has 0 saturated heterocycles. The minimum absolute atomic E-state index is 0.136. The summed E-state index contributed by atoms with van der Waals surface area (Å²) in [6, 6.07) is 7.74. The average Bonchev–Trinajstić information content (AvgIpc) is 2.28. The molecule has 0 fully saturated rings. The largest absolute Gasteiger partial charge is 0.490 e. The standard InChI is InChI=1S/C13H21NO3/c1-11-5-3-4-6-13(11)17-10-12(16)9-14(2)7-8-15/h3-6,12,15-16H,7-10H2,1-2H3/p+1/t12-/m1/s1. The van der Waals surface area contributed by atoms with Crippen LogP contribution in [0.1, 0.15) is 5.56 Å². The Labute approximate surface area is 102 Å². The Morgan fingerprint density at radius 3 is 2.71 bits per heavy atom. The first-order valence-electron chi connectivity index (χ1n) is 5.92. The van der Waals surface area contributed by atoms with Gasteiger partial charge in [0.15, 0.2) is 0 Å². The normalized spacial score (nSPS) is 14.4. The molecule has 0 aliphatic heterocycles. The fourth-order valence-electron chi connectivity index (χ4n) is 1.66. The fraction of sp³-hybridized carbons (Fsp3) is 0.538. The molecule has 0 aliphatic rings. The predicted octanol–water partition coefficient (Wildman–Crippen LogP) is -0.758. The van der Waals surface area contributed by atoms with Crippen molar-refractivity contribution >= 4 is 0 Å². The lowest BCUT2D eigenvalue weighted by atomic mass is 10.2. The van der Waals surface area contributed by atoms with Crippen LogP contribution in [0.5, 0.6) is 5.75 Å². The SMILES string of the molecule is Cc1ccccc1OC[C@H](O)C[NH+](C)CCO. The molecule has 2 atom stereocenters. The number of hydrogen-bond donors (Lipinski definition) is 3. The van der Waals surface area contributed by atoms with Gasteiger partial charge in [-0.2, -0.15) is 0 Å². The van der Waals surface area contributed by atoms with Crippen molar-refractivity contribution in [2.24, 2.45) is 0 Å². The van der Waals surface area contributed by atoms with E-state index in [-0.39, 0.29) is 13.2 Å². The number of hydrogen-bond acceptors (Lipinski definition) is 3. The van der Waals surface area contributed by atoms with Crippen molar-refractivity contribution in [3.8, 4) is 5.75 Å². The van der Waals surface area contributed by atoms with Gasteiger partial charge in [0.05, 0.1) is 13.7 Å². The molecule has 0 heterocycles. The van der Waals surface area contributed by atoms with Crippen molar-refractivity contribution in [1.29, 1.82) is 0 Å². The average molecular weight is 240 g/mol. The van der Waals surface area contributed by atoms with Gasteiger partial charge in [-0.1, -0.05) is 18.2 Å². The number of aliphatic hydroxyl groups is 2. The molecule has 0 aliphatic carbocycles. The molecular weight excluding hydrogens is 218 g/mol. The van der Waals surface area contributed by atoms with Gasteiger partial charge in [0.1, 0.15) is 31.5 Å². The van der Waals surface area contributed by atoms with Crippen molar-refractivity contribution < 1.29 is 19.8 Å². The van der Waals surface area contributed by atoms with E-state index in [4.69, 9.17) is 9.84 Å². The highest BCUT2D eigenvalue weighted by Gasteiger charge is 2.12. The quantitative estimate of drug-likeness (QED) is 0.587. The Kier molecular flexibility index (Phi) is 5.97. The van der Waals surface area contributed by atoms with Gasteiger partial charge in [-0.25, -0.2) is 0 Å². The van der Waals surface area contributed by atoms with Crippen LogP contribution >= 0.6 is 0 Å². The summed E-state index contributed by atoms with van der Waals surface area (Å²) in [4.78, 5) is 1.09. The van der Waals surface area contributed by atoms with E-state index in [2.05, 4.69) is 0 Å². The molecule has 0 aromatic heterocycles. The van der Waals surface area contributed by atoms with Crippen molar-refractivity contribution in [3.63, 3.8) is 0 Å². The van der Waals surface area contributed by atoms with Gasteiger partial charge in [0.2, 0.25) is 0 Å². The van der Waals surface area contributed by atoms with Crippen LogP contribution in [-0.2, 0) is 0 Å². The molecule has 96 valence electrons. The number of ether oxygens (including phenoxy) is 1. The Balaban J connectivity index is 2.33. The summed E-state index contributed by atoms with van der Waals surface area (Å²) >= 11 is 0. The monoisotopic (exact) mass is 240 g/mol. The molecule has 1 rings (SSSR count). The number of nitrogens with one attached hydrogen (secondary N) is 1. The number of likely N-dealkylation sites (N-methyl/N-ethyl adjacent to an activating group) is 1. The fourth-order valence-corrected chi connectivity index (χ4v) is 1.66. The number of aryl methyl sites for hydroxylation is 1. The molecule has 4 nitrogen and oxygen atoms in total. The molecule has 0 bridgehead atoms. The lowest BCUT2D eigenvalue weighted by Crippen LogP contribution is -3.10. The van der Waals surface area contributed by atoms with Gasteiger partial charge < -0.3 is 19.8 Å². The van der Waals surface area contributed by atoms with Crippen LogP contribution in [0.2, 0.25) is 0 Å². The minimum atomic E-state index is -0.513. The second-order valence-electron chi connectivity index (χ2n) is 4.37. The summed E-state index contributed by atoms with van der Waals surface area (Å²) in [5.74, 6) is 0.811. The van der Waals surface area contributed by atoms with E-state index in [1.165, 1.54) is 0 Å². The molecule has 4 heteroatoms. The zero-order valence-corrected chi connectivity index (χ0v) is 10.5. The summed E-state index contributed by atoms with van der Waals surface area (Å²) in [6.45, 7) is 3.61. The first kappa shape index (κ1) is 14.0. The lowest BCUT2D eigenvalue weighted by Gasteiger charge is -2.18. The third kappa shape index (κ3) is 5.17. The smallest absolute Gasteiger partial charge is 0.137 e. The van der Waals surface area contributed by atoms with Crippen LogP contribution in [0.3, 0.4) is 0 Å². The third-order valence-electron chi connectivity index (χ3n) is 2.65. The maximum atomic E-state index is 9.77. The highest BCUT2D eigenvalue weighted by Crippen LogP contribution is 2.15. The van der Waals surface area contributed by atoms with Crippen LogP contribution in [0.4, 0.5) is 0 Å². The van der Waals surface area contributed by atoms with Crippen LogP contribution in [0.15, 0.2) is 24.3 Å². The van der Waals surface area contributed by atoms with Crippen LogP contribution in [-0.4, -0.2) is 49.7 Å². The van der Waals surface area contributed by atoms with E-state index in [9.17, 15) is 5.11 Å². The molecule has 3 N–H and O–H groups in total. The van der Waals surface area contributed by atoms with Gasteiger partial charge >= 0.3 is 0 Å². The van der Waals surface area contributed by atoms with Gasteiger partial charge in [0.25, 0.3) is 0 Å². The third-order valence-corrected chi connectivity index (χ3v) is 2.65. The first-order valence-corrected chi connectivity index (χ1v) is 5.92. The van der Waals surface area contributed by atoms with Crippen LogP contribution < -0.4 is 9.64 Å². The molecule has 0 saturated carbocycles. The highest BCUT2D eigenvalue weighted by atomic mass is 16.5. The van der Waals surface area contributed by atoms with Crippen molar-refractivity contribution in [1.82, 2.24) is 0 Å². The molecular formula is C13H22NO3+. The molecule has 17 heavy (non-hydrogen) atoms. The van der Waals surface area contributed by atoms with E-state index in [0.29, 0.717) is 13.1 Å². The molecule has 0 spiro atoms. The second-order valence-corrected chi connectivity index (χ2v) is 4.37. The summed E-state index contributed by atoms with van der Waals surface area (Å²) in [6.07, 6.45) is -0.513. The van der Waals surface area contributed by atoms with Crippen LogP contribution in [0, 0.1) is 6.92 Å².